The van der Waals surface area contributed by atoms with E-state index in [1.54, 1.807) is 4.90 Å². The zero-order valence-corrected chi connectivity index (χ0v) is 7.74. The van der Waals surface area contributed by atoms with Gasteiger partial charge in [-0.3, -0.25) is 0 Å². The van der Waals surface area contributed by atoms with Crippen molar-refractivity contribution in [2.75, 3.05) is 26.2 Å². The summed E-state index contributed by atoms with van der Waals surface area (Å²) >= 11 is 0. The standard InChI is InChI=1S/C8H17N3O2/c9-3-5-13-7-2-1-4-11(6-7)8(10)12/h7H,1-6,9H2,(H2,10,12). The Morgan fingerprint density at radius 1 is 1.62 bits per heavy atom. The van der Waals surface area contributed by atoms with Crippen molar-refractivity contribution in [1.29, 1.82) is 0 Å². The van der Waals surface area contributed by atoms with Gasteiger partial charge in [-0.25, -0.2) is 4.79 Å². The van der Waals surface area contributed by atoms with E-state index in [-0.39, 0.29) is 12.1 Å². The molecule has 1 saturated heterocycles. The van der Waals surface area contributed by atoms with Crippen LogP contribution >= 0.6 is 0 Å². The minimum Gasteiger partial charge on any atom is -0.375 e. The average molecular weight is 187 g/mol. The Labute approximate surface area is 78.0 Å². The minimum absolute atomic E-state index is 0.116. The number of hydrogen-bond donors (Lipinski definition) is 2. The molecule has 5 heteroatoms. The first kappa shape index (κ1) is 10.3. The van der Waals surface area contributed by atoms with Crippen molar-refractivity contribution in [3.63, 3.8) is 0 Å². The lowest BCUT2D eigenvalue weighted by atomic mass is 10.1. The molecule has 5 nitrogen and oxygen atoms in total. The van der Waals surface area contributed by atoms with Crippen LogP contribution < -0.4 is 11.5 Å². The van der Waals surface area contributed by atoms with E-state index < -0.39 is 0 Å². The molecule has 1 aliphatic heterocycles. The molecule has 0 aromatic heterocycles. The number of rotatable bonds is 3. The van der Waals surface area contributed by atoms with Gasteiger partial charge in [-0.05, 0) is 12.8 Å². The van der Waals surface area contributed by atoms with Gasteiger partial charge in [0.2, 0.25) is 0 Å². The van der Waals surface area contributed by atoms with Gasteiger partial charge in [0.15, 0.2) is 0 Å². The van der Waals surface area contributed by atoms with Gasteiger partial charge in [0.05, 0.1) is 12.7 Å². The molecule has 2 amide bonds. The molecule has 1 unspecified atom stereocenters. The molecule has 1 atom stereocenters. The van der Waals surface area contributed by atoms with Gasteiger partial charge in [0.25, 0.3) is 0 Å². The number of nitrogens with zero attached hydrogens (tertiary/aromatic N) is 1. The molecule has 0 aromatic rings. The smallest absolute Gasteiger partial charge is 0.314 e. The van der Waals surface area contributed by atoms with Crippen LogP contribution in [-0.2, 0) is 4.74 Å². The molecule has 1 heterocycles. The molecular weight excluding hydrogens is 170 g/mol. The van der Waals surface area contributed by atoms with Crippen LogP contribution in [-0.4, -0.2) is 43.3 Å². The Morgan fingerprint density at radius 3 is 3.00 bits per heavy atom. The summed E-state index contributed by atoms with van der Waals surface area (Å²) in [6.45, 7) is 2.43. The van der Waals surface area contributed by atoms with Crippen molar-refractivity contribution in [1.82, 2.24) is 4.90 Å². The number of likely N-dealkylation sites (tertiary alicyclic amines) is 1. The number of primary amides is 1. The Balaban J connectivity index is 2.29. The molecule has 1 aliphatic rings. The maximum Gasteiger partial charge on any atom is 0.314 e. The maximum atomic E-state index is 10.8. The molecule has 1 fully saturated rings. The van der Waals surface area contributed by atoms with Crippen molar-refractivity contribution < 1.29 is 9.53 Å². The summed E-state index contributed by atoms with van der Waals surface area (Å²) in [7, 11) is 0. The molecule has 4 N–H and O–H groups in total. The number of amides is 2. The minimum atomic E-state index is -0.360. The first-order chi connectivity index (χ1) is 6.24. The highest BCUT2D eigenvalue weighted by Crippen LogP contribution is 2.12. The second kappa shape index (κ2) is 5.04. The summed E-state index contributed by atoms with van der Waals surface area (Å²) in [6, 6.07) is -0.360. The molecule has 0 aromatic carbocycles. The number of hydrogen-bond acceptors (Lipinski definition) is 3. The van der Waals surface area contributed by atoms with Gasteiger partial charge in [0.1, 0.15) is 0 Å². The van der Waals surface area contributed by atoms with Crippen molar-refractivity contribution in [2.45, 2.75) is 18.9 Å². The molecule has 0 saturated carbocycles. The number of carbonyl (C=O) groups is 1. The summed E-state index contributed by atoms with van der Waals surface area (Å²) in [5.41, 5.74) is 10.5. The molecule has 0 spiro atoms. The summed E-state index contributed by atoms with van der Waals surface area (Å²) in [5, 5.41) is 0. The quantitative estimate of drug-likeness (QED) is 0.625. The third-order valence-corrected chi connectivity index (χ3v) is 2.16. The Morgan fingerprint density at radius 2 is 2.38 bits per heavy atom. The number of ether oxygens (including phenoxy) is 1. The normalized spacial score (nSPS) is 23.2. The van der Waals surface area contributed by atoms with Gasteiger partial charge in [0, 0.05) is 19.6 Å². The van der Waals surface area contributed by atoms with E-state index in [0.29, 0.717) is 19.7 Å². The zero-order valence-electron chi connectivity index (χ0n) is 7.74. The molecule has 76 valence electrons. The molecule has 0 aliphatic carbocycles. The number of urea groups is 1. The first-order valence-electron chi connectivity index (χ1n) is 4.60. The van der Waals surface area contributed by atoms with E-state index in [1.807, 2.05) is 0 Å². The second-order valence-corrected chi connectivity index (χ2v) is 3.21. The van der Waals surface area contributed by atoms with Crippen LogP contribution in [0.5, 0.6) is 0 Å². The molecule has 13 heavy (non-hydrogen) atoms. The van der Waals surface area contributed by atoms with Crippen molar-refractivity contribution in [3.8, 4) is 0 Å². The fourth-order valence-corrected chi connectivity index (χ4v) is 1.51. The van der Waals surface area contributed by atoms with E-state index in [1.165, 1.54) is 0 Å². The number of nitrogens with two attached hydrogens (primary N) is 2. The highest BCUT2D eigenvalue weighted by Gasteiger charge is 2.21. The Kier molecular flexibility index (Phi) is 3.98. The van der Waals surface area contributed by atoms with Gasteiger partial charge < -0.3 is 21.1 Å². The van der Waals surface area contributed by atoms with E-state index in [2.05, 4.69) is 0 Å². The van der Waals surface area contributed by atoms with Crippen molar-refractivity contribution in [2.24, 2.45) is 11.5 Å². The van der Waals surface area contributed by atoms with Crippen LogP contribution in [0.4, 0.5) is 4.79 Å². The summed E-state index contributed by atoms with van der Waals surface area (Å²) in [4.78, 5) is 12.5. The number of carbonyl (C=O) groups excluding carboxylic acids is 1. The third-order valence-electron chi connectivity index (χ3n) is 2.16. The van der Waals surface area contributed by atoms with Gasteiger partial charge in [-0.2, -0.15) is 0 Å². The lowest BCUT2D eigenvalue weighted by Crippen LogP contribution is -2.46. The van der Waals surface area contributed by atoms with Crippen LogP contribution in [0.1, 0.15) is 12.8 Å². The molecule has 1 rings (SSSR count). The Bertz CT molecular complexity index is 175. The fourth-order valence-electron chi connectivity index (χ4n) is 1.51. The van der Waals surface area contributed by atoms with Crippen molar-refractivity contribution >= 4 is 6.03 Å². The number of piperidine rings is 1. The largest absolute Gasteiger partial charge is 0.375 e. The predicted molar refractivity (Wildman–Crippen MR) is 49.2 cm³/mol. The summed E-state index contributed by atoms with van der Waals surface area (Å²) in [5.74, 6) is 0. The SMILES string of the molecule is NCCOC1CCCN(C(N)=O)C1. The van der Waals surface area contributed by atoms with Gasteiger partial charge >= 0.3 is 6.03 Å². The molecule has 0 radical (unpaired) electrons. The highest BCUT2D eigenvalue weighted by molar-refractivity contribution is 5.72. The van der Waals surface area contributed by atoms with E-state index in [9.17, 15) is 4.79 Å². The van der Waals surface area contributed by atoms with E-state index in [0.717, 1.165) is 19.4 Å². The zero-order chi connectivity index (χ0) is 9.68. The van der Waals surface area contributed by atoms with Crippen LogP contribution in [0.25, 0.3) is 0 Å². The highest BCUT2D eigenvalue weighted by atomic mass is 16.5. The lowest BCUT2D eigenvalue weighted by molar-refractivity contribution is 0.0147. The topological polar surface area (TPSA) is 81.6 Å². The van der Waals surface area contributed by atoms with Crippen molar-refractivity contribution in [3.05, 3.63) is 0 Å². The Hall–Kier alpha value is -0.810. The molecule has 0 bridgehead atoms. The maximum absolute atomic E-state index is 10.8. The second-order valence-electron chi connectivity index (χ2n) is 3.21. The average Bonchev–Trinajstić information content (AvgIpc) is 2.15. The van der Waals surface area contributed by atoms with E-state index in [4.69, 9.17) is 16.2 Å². The van der Waals surface area contributed by atoms with Crippen LogP contribution in [0, 0.1) is 0 Å². The monoisotopic (exact) mass is 187 g/mol. The first-order valence-corrected chi connectivity index (χ1v) is 4.60. The predicted octanol–water partition coefficient (Wildman–Crippen LogP) is -0.495. The van der Waals surface area contributed by atoms with Crippen LogP contribution in [0.3, 0.4) is 0 Å². The summed E-state index contributed by atoms with van der Waals surface area (Å²) < 4.78 is 5.44. The van der Waals surface area contributed by atoms with Gasteiger partial charge in [-0.1, -0.05) is 0 Å². The van der Waals surface area contributed by atoms with Gasteiger partial charge in [-0.15, -0.1) is 0 Å². The van der Waals surface area contributed by atoms with Crippen LogP contribution in [0.2, 0.25) is 0 Å². The lowest BCUT2D eigenvalue weighted by Gasteiger charge is -2.31. The fraction of sp³-hybridized carbons (Fsp3) is 0.875. The third kappa shape index (κ3) is 3.20. The van der Waals surface area contributed by atoms with Crippen LogP contribution in [0.15, 0.2) is 0 Å². The van der Waals surface area contributed by atoms with E-state index >= 15 is 0 Å². The molecular formula is C8H17N3O2. The summed E-state index contributed by atoms with van der Waals surface area (Å²) in [6.07, 6.45) is 2.06.